The number of amidine groups is 1. The molecule has 0 aromatic carbocycles. The van der Waals surface area contributed by atoms with Crippen molar-refractivity contribution >= 4 is 16.9 Å². The molecular weight excluding hydrogens is 159 g/mol. The van der Waals surface area contributed by atoms with Crippen LogP contribution in [-0.2, 0) is 4.74 Å². The molecule has 10 heavy (non-hydrogen) atoms. The lowest BCUT2D eigenvalue weighted by Gasteiger charge is -2.13. The molecule has 0 bridgehead atoms. The number of aliphatic imine (C=N–C) groups is 1. The standard InChI is InChI=1S/C5H6ClFN2O/c1-10-4-3(7)2-8-5(6)9-4/h2,4H,1H3,(H,8,9). The van der Waals surface area contributed by atoms with Gasteiger partial charge in [0.05, 0.1) is 0 Å². The van der Waals surface area contributed by atoms with E-state index in [9.17, 15) is 4.39 Å². The lowest BCUT2D eigenvalue weighted by molar-refractivity contribution is 0.117. The Balaban J connectivity index is 2.68. The van der Waals surface area contributed by atoms with E-state index in [4.69, 9.17) is 11.6 Å². The fraction of sp³-hybridized carbons (Fsp3) is 0.400. The van der Waals surface area contributed by atoms with Gasteiger partial charge in [0.15, 0.2) is 11.1 Å². The van der Waals surface area contributed by atoms with Gasteiger partial charge in [-0.25, -0.2) is 9.38 Å². The lowest BCUT2D eigenvalue weighted by atomic mass is 10.5. The first kappa shape index (κ1) is 7.50. The van der Waals surface area contributed by atoms with E-state index in [2.05, 4.69) is 15.0 Å². The van der Waals surface area contributed by atoms with Gasteiger partial charge in [0.2, 0.25) is 6.23 Å². The van der Waals surface area contributed by atoms with Crippen molar-refractivity contribution in [3.8, 4) is 0 Å². The van der Waals surface area contributed by atoms with E-state index in [0.29, 0.717) is 0 Å². The maximum Gasteiger partial charge on any atom is 0.204 e. The first-order valence-electron chi connectivity index (χ1n) is 2.62. The number of ether oxygens (including phenoxy) is 1. The summed E-state index contributed by atoms with van der Waals surface area (Å²) in [5, 5.41) is 2.53. The van der Waals surface area contributed by atoms with Crippen LogP contribution in [0.5, 0.6) is 0 Å². The summed E-state index contributed by atoms with van der Waals surface area (Å²) in [5.41, 5.74) is 0. The molecule has 3 nitrogen and oxygen atoms in total. The Morgan fingerprint density at radius 1 is 1.90 bits per heavy atom. The van der Waals surface area contributed by atoms with Crippen LogP contribution < -0.4 is 5.32 Å². The van der Waals surface area contributed by atoms with Crippen molar-refractivity contribution in [3.63, 3.8) is 0 Å². The third-order valence-electron chi connectivity index (χ3n) is 1.02. The zero-order valence-electron chi connectivity index (χ0n) is 5.27. The molecule has 1 rings (SSSR count). The van der Waals surface area contributed by atoms with Crippen LogP contribution in [0.3, 0.4) is 0 Å². The third-order valence-corrected chi connectivity index (χ3v) is 1.23. The summed E-state index contributed by atoms with van der Waals surface area (Å²) in [4.78, 5) is 3.59. The number of methoxy groups -OCH3 is 1. The molecule has 0 spiro atoms. The normalized spacial score (nSPS) is 24.9. The Labute approximate surface area is 62.5 Å². The first-order chi connectivity index (χ1) is 4.74. The maximum atomic E-state index is 12.5. The minimum Gasteiger partial charge on any atom is -0.353 e. The van der Waals surface area contributed by atoms with Crippen molar-refractivity contribution in [3.05, 3.63) is 12.0 Å². The van der Waals surface area contributed by atoms with Crippen molar-refractivity contribution in [2.75, 3.05) is 7.11 Å². The Kier molecular flexibility index (Phi) is 2.24. The number of hydrogen-bond donors (Lipinski definition) is 1. The van der Waals surface area contributed by atoms with E-state index in [0.717, 1.165) is 6.20 Å². The minimum atomic E-state index is -0.881. The van der Waals surface area contributed by atoms with Crippen molar-refractivity contribution in [2.45, 2.75) is 6.23 Å². The molecule has 5 heteroatoms. The van der Waals surface area contributed by atoms with Crippen LogP contribution >= 0.6 is 11.6 Å². The second-order valence-corrected chi connectivity index (χ2v) is 2.04. The van der Waals surface area contributed by atoms with E-state index in [1.165, 1.54) is 7.11 Å². The van der Waals surface area contributed by atoms with Crippen LogP contribution in [-0.4, -0.2) is 18.6 Å². The highest BCUT2D eigenvalue weighted by molar-refractivity contribution is 6.64. The summed E-state index contributed by atoms with van der Waals surface area (Å²) in [6, 6.07) is 0. The van der Waals surface area contributed by atoms with Gasteiger partial charge < -0.3 is 10.1 Å². The van der Waals surface area contributed by atoms with Gasteiger partial charge in [-0.15, -0.1) is 0 Å². The molecule has 0 aromatic rings. The number of hydrogen-bond acceptors (Lipinski definition) is 3. The Bertz CT molecular complexity index is 192. The summed E-state index contributed by atoms with van der Waals surface area (Å²) in [6.45, 7) is 0. The molecule has 0 aromatic heterocycles. The highest BCUT2D eigenvalue weighted by atomic mass is 35.5. The molecule has 0 saturated heterocycles. The van der Waals surface area contributed by atoms with E-state index in [1.807, 2.05) is 0 Å². The molecule has 56 valence electrons. The SMILES string of the molecule is COC1N=C(Cl)NC=C1F. The molecule has 0 aliphatic carbocycles. The molecule has 0 amide bonds. The fourth-order valence-electron chi connectivity index (χ4n) is 0.567. The molecule has 1 unspecified atom stereocenters. The summed E-state index contributed by atoms with van der Waals surface area (Å²) in [7, 11) is 1.36. The molecule has 1 aliphatic rings. The minimum absolute atomic E-state index is 0.133. The molecule has 1 heterocycles. The highest BCUT2D eigenvalue weighted by Crippen LogP contribution is 2.12. The van der Waals surface area contributed by atoms with E-state index < -0.39 is 12.1 Å². The summed E-state index contributed by atoms with van der Waals surface area (Å²) in [5.74, 6) is -0.480. The average Bonchev–Trinajstić information content (AvgIpc) is 1.94. The number of nitrogens with one attached hydrogen (secondary N) is 1. The van der Waals surface area contributed by atoms with E-state index in [-0.39, 0.29) is 5.29 Å². The monoisotopic (exact) mass is 164 g/mol. The van der Waals surface area contributed by atoms with Gasteiger partial charge in [-0.2, -0.15) is 0 Å². The van der Waals surface area contributed by atoms with Gasteiger partial charge in [0.1, 0.15) is 0 Å². The van der Waals surface area contributed by atoms with Crippen molar-refractivity contribution in [1.82, 2.24) is 5.32 Å². The van der Waals surface area contributed by atoms with Crippen molar-refractivity contribution < 1.29 is 9.13 Å². The Morgan fingerprint density at radius 3 is 3.10 bits per heavy atom. The first-order valence-corrected chi connectivity index (χ1v) is 3.00. The van der Waals surface area contributed by atoms with Crippen LogP contribution in [0.2, 0.25) is 0 Å². The zero-order valence-corrected chi connectivity index (χ0v) is 6.02. The fourth-order valence-corrected chi connectivity index (χ4v) is 0.710. The lowest BCUT2D eigenvalue weighted by Crippen LogP contribution is -2.23. The van der Waals surface area contributed by atoms with Gasteiger partial charge in [0.25, 0.3) is 0 Å². The van der Waals surface area contributed by atoms with Crippen LogP contribution in [0.15, 0.2) is 17.0 Å². The smallest absolute Gasteiger partial charge is 0.204 e. The molecule has 0 radical (unpaired) electrons. The molecular formula is C5H6ClFN2O. The third kappa shape index (κ3) is 1.46. The quantitative estimate of drug-likeness (QED) is 0.586. The topological polar surface area (TPSA) is 33.6 Å². The predicted octanol–water partition coefficient (Wildman–Crippen LogP) is 0.968. The summed E-state index contributed by atoms with van der Waals surface area (Å²) in [6.07, 6.45) is 0.234. The van der Waals surface area contributed by atoms with Crippen LogP contribution in [0.1, 0.15) is 0 Å². The van der Waals surface area contributed by atoms with Gasteiger partial charge in [-0.05, 0) is 11.6 Å². The second kappa shape index (κ2) is 2.98. The van der Waals surface area contributed by atoms with Crippen LogP contribution in [0.25, 0.3) is 0 Å². The summed E-state index contributed by atoms with van der Waals surface area (Å²) < 4.78 is 17.1. The largest absolute Gasteiger partial charge is 0.353 e. The predicted molar refractivity (Wildman–Crippen MR) is 36.4 cm³/mol. The number of nitrogens with zero attached hydrogens (tertiary/aromatic N) is 1. The molecule has 1 N–H and O–H groups in total. The van der Waals surface area contributed by atoms with E-state index in [1.54, 1.807) is 0 Å². The Morgan fingerprint density at radius 2 is 2.60 bits per heavy atom. The Hall–Kier alpha value is -0.610. The molecule has 0 fully saturated rings. The van der Waals surface area contributed by atoms with Crippen LogP contribution in [0.4, 0.5) is 4.39 Å². The average molecular weight is 165 g/mol. The van der Waals surface area contributed by atoms with Gasteiger partial charge in [-0.1, -0.05) is 0 Å². The molecule has 1 aliphatic heterocycles. The van der Waals surface area contributed by atoms with Crippen molar-refractivity contribution in [1.29, 1.82) is 0 Å². The van der Waals surface area contributed by atoms with E-state index >= 15 is 0 Å². The number of halogens is 2. The molecule has 0 saturated carbocycles. The van der Waals surface area contributed by atoms with Crippen molar-refractivity contribution in [2.24, 2.45) is 4.99 Å². The van der Waals surface area contributed by atoms with Gasteiger partial charge in [0, 0.05) is 13.3 Å². The summed E-state index contributed by atoms with van der Waals surface area (Å²) >= 11 is 5.40. The second-order valence-electron chi connectivity index (χ2n) is 1.68. The highest BCUT2D eigenvalue weighted by Gasteiger charge is 2.16. The van der Waals surface area contributed by atoms with Gasteiger partial charge >= 0.3 is 0 Å². The molecule has 1 atom stereocenters. The zero-order chi connectivity index (χ0) is 7.56. The maximum absolute atomic E-state index is 12.5. The number of rotatable bonds is 1. The van der Waals surface area contributed by atoms with Crippen LogP contribution in [0, 0.1) is 0 Å². The van der Waals surface area contributed by atoms with Gasteiger partial charge in [-0.3, -0.25) is 0 Å².